The number of rotatable bonds is 11. The first-order valence-electron chi connectivity index (χ1n) is 18.5. The van der Waals surface area contributed by atoms with Crippen molar-refractivity contribution >= 4 is 16.7 Å². The van der Waals surface area contributed by atoms with Crippen LogP contribution in [0.1, 0.15) is 68.6 Å². The van der Waals surface area contributed by atoms with E-state index in [0.717, 1.165) is 73.6 Å². The number of aryl methyl sites for hydroxylation is 1. The van der Waals surface area contributed by atoms with Gasteiger partial charge in [-0.2, -0.15) is 0 Å². The van der Waals surface area contributed by atoms with Gasteiger partial charge in [0.1, 0.15) is 11.5 Å². The number of piperidine rings is 1. The summed E-state index contributed by atoms with van der Waals surface area (Å²) in [6, 6.07) is 16.3. The van der Waals surface area contributed by atoms with Gasteiger partial charge >= 0.3 is 5.69 Å². The molecule has 2 aromatic carbocycles. The molecule has 1 aliphatic heterocycles. The van der Waals surface area contributed by atoms with Crippen molar-refractivity contribution in [2.24, 2.45) is 0 Å². The standard InChI is InChI=1S/C41H45N5O7/c1-3-4-20-45-26-35(33-15-19-42-25-34(33)40(45)49)27-5-8-29(9-6-27)52-30-10-12-31(13-11-30)53-32-16-21-44(22-17-32)39(48)28-7-14-37(51-2)36(24-28)46-23-18-38(47)43-41(46)50/h5-9,14-15,18-19,23-26,30-32H,3-4,10-13,16-17,20-22H2,1-2H3,(H,43,47,50). The molecule has 12 heteroatoms. The second kappa shape index (κ2) is 16.0. The van der Waals surface area contributed by atoms with E-state index >= 15 is 0 Å². The molecule has 3 aromatic heterocycles. The predicted molar refractivity (Wildman–Crippen MR) is 202 cm³/mol. The van der Waals surface area contributed by atoms with Crippen molar-refractivity contribution in [3.63, 3.8) is 0 Å². The Morgan fingerprint density at radius 3 is 2.34 bits per heavy atom. The number of fused-ring (bicyclic) bond motifs is 1. The van der Waals surface area contributed by atoms with Crippen molar-refractivity contribution in [1.82, 2.24) is 24.0 Å². The number of ether oxygens (including phenoxy) is 3. The van der Waals surface area contributed by atoms with Crippen LogP contribution in [-0.4, -0.2) is 68.4 Å². The number of hydrogen-bond acceptors (Lipinski definition) is 8. The van der Waals surface area contributed by atoms with Gasteiger partial charge in [0.15, 0.2) is 0 Å². The average molecular weight is 720 g/mol. The fourth-order valence-electron chi connectivity index (χ4n) is 7.42. The molecule has 1 saturated carbocycles. The van der Waals surface area contributed by atoms with E-state index in [1.807, 2.05) is 29.3 Å². The SMILES string of the molecule is CCCCn1cc(-c2ccc(OC3CCC(OC4CCN(C(=O)c5ccc(OC)c(-n6ccc(=O)[nH]c6=O)c5)CC4)CC3)cc2)c2ccncc2c1=O. The van der Waals surface area contributed by atoms with Gasteiger partial charge in [0, 0.05) is 61.6 Å². The zero-order chi connectivity index (χ0) is 36.9. The van der Waals surface area contributed by atoms with Crippen LogP contribution in [0.3, 0.4) is 0 Å². The molecule has 1 amide bonds. The molecule has 0 bridgehead atoms. The van der Waals surface area contributed by atoms with Gasteiger partial charge in [0.05, 0.1) is 36.5 Å². The lowest BCUT2D eigenvalue weighted by Gasteiger charge is -2.36. The van der Waals surface area contributed by atoms with Crippen LogP contribution in [0, 0.1) is 0 Å². The van der Waals surface area contributed by atoms with Crippen LogP contribution in [-0.2, 0) is 11.3 Å². The second-order valence-electron chi connectivity index (χ2n) is 13.9. The molecule has 4 heterocycles. The number of aromatic nitrogens is 4. The Labute approximate surface area is 307 Å². The minimum atomic E-state index is -0.611. The minimum Gasteiger partial charge on any atom is -0.495 e. The first-order chi connectivity index (χ1) is 25.8. The largest absolute Gasteiger partial charge is 0.495 e. The van der Waals surface area contributed by atoms with Gasteiger partial charge in [-0.25, -0.2) is 4.79 Å². The molecule has 1 aliphatic carbocycles. The summed E-state index contributed by atoms with van der Waals surface area (Å²) in [5, 5.41) is 1.53. The Morgan fingerprint density at radius 1 is 0.887 bits per heavy atom. The number of H-pyrrole nitrogens is 1. The van der Waals surface area contributed by atoms with Gasteiger partial charge in [0.25, 0.3) is 17.0 Å². The minimum absolute atomic E-state index is 0.00423. The zero-order valence-electron chi connectivity index (χ0n) is 30.2. The third-order valence-corrected chi connectivity index (χ3v) is 10.4. The number of amides is 1. The average Bonchev–Trinajstić information content (AvgIpc) is 3.19. The first kappa shape index (κ1) is 35.9. The molecule has 0 atom stereocenters. The van der Waals surface area contributed by atoms with Crippen molar-refractivity contribution in [3.8, 4) is 28.3 Å². The molecular weight excluding hydrogens is 674 g/mol. The monoisotopic (exact) mass is 719 g/mol. The number of pyridine rings is 2. The van der Waals surface area contributed by atoms with Crippen LogP contribution in [0.5, 0.6) is 11.5 Å². The zero-order valence-corrected chi connectivity index (χ0v) is 30.2. The van der Waals surface area contributed by atoms with E-state index < -0.39 is 11.2 Å². The maximum Gasteiger partial charge on any atom is 0.333 e. The number of unbranched alkanes of at least 4 members (excludes halogenated alkanes) is 1. The summed E-state index contributed by atoms with van der Waals surface area (Å²) in [5.41, 5.74) is 1.73. The highest BCUT2D eigenvalue weighted by molar-refractivity contribution is 5.96. The highest BCUT2D eigenvalue weighted by Gasteiger charge is 2.29. The van der Waals surface area contributed by atoms with Gasteiger partial charge in [-0.1, -0.05) is 25.5 Å². The van der Waals surface area contributed by atoms with Crippen molar-refractivity contribution in [1.29, 1.82) is 0 Å². The lowest BCUT2D eigenvalue weighted by molar-refractivity contribution is -0.0636. The number of carbonyl (C=O) groups is 1. The number of benzene rings is 2. The van der Waals surface area contributed by atoms with Gasteiger partial charge in [0.2, 0.25) is 0 Å². The Hall–Kier alpha value is -5.49. The molecule has 12 nitrogen and oxygen atoms in total. The van der Waals surface area contributed by atoms with Crippen LogP contribution >= 0.6 is 0 Å². The molecule has 1 N–H and O–H groups in total. The highest BCUT2D eigenvalue weighted by Crippen LogP contribution is 2.32. The number of carbonyl (C=O) groups excluding carboxylic acids is 1. The van der Waals surface area contributed by atoms with Gasteiger partial charge < -0.3 is 23.7 Å². The number of nitrogens with one attached hydrogen (secondary N) is 1. The Balaban J connectivity index is 0.904. The van der Waals surface area contributed by atoms with E-state index in [1.165, 1.54) is 23.9 Å². The van der Waals surface area contributed by atoms with E-state index in [0.29, 0.717) is 42.0 Å². The molecule has 276 valence electrons. The van der Waals surface area contributed by atoms with Crippen molar-refractivity contribution in [3.05, 3.63) is 116 Å². The molecule has 53 heavy (non-hydrogen) atoms. The smallest absolute Gasteiger partial charge is 0.333 e. The molecule has 2 aliphatic rings. The van der Waals surface area contributed by atoms with E-state index in [4.69, 9.17) is 14.2 Å². The fraction of sp³-hybridized carbons (Fsp3) is 0.390. The van der Waals surface area contributed by atoms with E-state index in [2.05, 4.69) is 29.0 Å². The van der Waals surface area contributed by atoms with Gasteiger partial charge in [-0.3, -0.25) is 28.9 Å². The molecule has 0 spiro atoms. The quantitative estimate of drug-likeness (QED) is 0.183. The summed E-state index contributed by atoms with van der Waals surface area (Å²) in [4.78, 5) is 58.8. The second-order valence-corrected chi connectivity index (χ2v) is 13.9. The number of methoxy groups -OCH3 is 1. The molecule has 7 rings (SSSR count). The molecule has 1 saturated heterocycles. The summed E-state index contributed by atoms with van der Waals surface area (Å²) in [6.07, 6.45) is 14.2. The molecule has 0 unspecified atom stereocenters. The van der Waals surface area contributed by atoms with E-state index in [-0.39, 0.29) is 29.8 Å². The Kier molecular flexibility index (Phi) is 10.9. The van der Waals surface area contributed by atoms with Crippen LogP contribution in [0.4, 0.5) is 0 Å². The van der Waals surface area contributed by atoms with Gasteiger partial charge in [-0.15, -0.1) is 0 Å². The third kappa shape index (κ3) is 7.97. The summed E-state index contributed by atoms with van der Waals surface area (Å²) < 4.78 is 21.4. The summed E-state index contributed by atoms with van der Waals surface area (Å²) in [7, 11) is 1.49. The topological polar surface area (TPSA) is 138 Å². The van der Waals surface area contributed by atoms with Crippen LogP contribution in [0.15, 0.2) is 93.8 Å². The number of likely N-dealkylation sites (tertiary alicyclic amines) is 1. The highest BCUT2D eigenvalue weighted by atomic mass is 16.5. The lowest BCUT2D eigenvalue weighted by atomic mass is 9.94. The maximum atomic E-state index is 13.5. The normalized spacial score (nSPS) is 17.9. The van der Waals surface area contributed by atoms with E-state index in [9.17, 15) is 19.2 Å². The summed E-state index contributed by atoms with van der Waals surface area (Å²) in [5.74, 6) is 1.11. The number of nitrogens with zero attached hydrogens (tertiary/aromatic N) is 4. The third-order valence-electron chi connectivity index (χ3n) is 10.4. The molecule has 0 radical (unpaired) electrons. The van der Waals surface area contributed by atoms with Crippen molar-refractivity contribution in [2.45, 2.75) is 83.1 Å². The predicted octanol–water partition coefficient (Wildman–Crippen LogP) is 5.72. The fourth-order valence-corrected chi connectivity index (χ4v) is 7.42. The first-order valence-corrected chi connectivity index (χ1v) is 18.5. The molecule has 2 fully saturated rings. The Bertz CT molecular complexity index is 2240. The van der Waals surface area contributed by atoms with Crippen LogP contribution < -0.4 is 26.3 Å². The maximum absolute atomic E-state index is 13.5. The lowest BCUT2D eigenvalue weighted by Crippen LogP contribution is -2.42. The summed E-state index contributed by atoms with van der Waals surface area (Å²) in [6.45, 7) is 3.95. The molecular formula is C41H45N5O7. The van der Waals surface area contributed by atoms with Crippen molar-refractivity contribution in [2.75, 3.05) is 20.2 Å². The van der Waals surface area contributed by atoms with Crippen LogP contribution in [0.25, 0.3) is 27.6 Å². The van der Waals surface area contributed by atoms with E-state index in [1.54, 1.807) is 35.2 Å². The summed E-state index contributed by atoms with van der Waals surface area (Å²) >= 11 is 0. The van der Waals surface area contributed by atoms with Crippen molar-refractivity contribution < 1.29 is 19.0 Å². The van der Waals surface area contributed by atoms with Crippen LogP contribution in [0.2, 0.25) is 0 Å². The molecule has 5 aromatic rings. The van der Waals surface area contributed by atoms with Gasteiger partial charge in [-0.05, 0) is 92.3 Å². The number of aromatic amines is 1. The number of hydrogen-bond donors (Lipinski definition) is 1. The Morgan fingerprint density at radius 2 is 1.62 bits per heavy atom.